The van der Waals surface area contributed by atoms with E-state index in [-0.39, 0.29) is 29.7 Å². The van der Waals surface area contributed by atoms with Crippen molar-refractivity contribution in [3.8, 4) is 27.6 Å². The fourth-order valence-corrected chi connectivity index (χ4v) is 8.94. The van der Waals surface area contributed by atoms with Gasteiger partial charge in [-0.15, -0.1) is 16.4 Å². The first kappa shape index (κ1) is 29.8. The van der Waals surface area contributed by atoms with Gasteiger partial charge in [-0.1, -0.05) is 24.3 Å². The van der Waals surface area contributed by atoms with Crippen molar-refractivity contribution >= 4 is 33.1 Å². The zero-order valence-corrected chi connectivity index (χ0v) is 27.4. The number of aromatic amines is 1. The van der Waals surface area contributed by atoms with E-state index >= 15 is 0 Å². The van der Waals surface area contributed by atoms with Crippen LogP contribution < -0.4 is 15.8 Å². The molecule has 2 atom stereocenters. The van der Waals surface area contributed by atoms with E-state index in [9.17, 15) is 14.0 Å². The van der Waals surface area contributed by atoms with E-state index in [1.165, 1.54) is 34.6 Å². The molecule has 6 aromatic rings. The molecule has 1 fully saturated rings. The standard InChI is InChI=1S/C37H31FN6O4S/c1-47-27-6-2-4-22-23(27)12-14-24(22)41-34-33-20(15-16-39-34)18-28(49-33)30-29(35-42-43-37(46)48-35)25(13-9-19-7-10-21(38)11-8-19)40-32-26-5-3-17-44(26)36(45)31(30)32/h2,4,6-8,10-11,15-16,18,24,26H,3,5,9,12-14,17H2,1H3,(H,39,41)(H,43,46)/t24-,26-/m0/s1. The zero-order valence-electron chi connectivity index (χ0n) is 26.6. The Morgan fingerprint density at radius 2 is 1.96 bits per heavy atom. The molecule has 1 amide bonds. The lowest BCUT2D eigenvalue weighted by Crippen LogP contribution is -2.22. The molecule has 1 aliphatic carbocycles. The summed E-state index contributed by atoms with van der Waals surface area (Å²) in [7, 11) is 1.70. The number of carbonyl (C=O) groups excluding carboxylic acids is 1. The van der Waals surface area contributed by atoms with Crippen LogP contribution in [-0.2, 0) is 19.3 Å². The predicted octanol–water partition coefficient (Wildman–Crippen LogP) is 7.02. The molecule has 0 unspecified atom stereocenters. The maximum atomic E-state index is 14.2. The van der Waals surface area contributed by atoms with Crippen LogP contribution in [0, 0.1) is 5.82 Å². The second-order valence-corrected chi connectivity index (χ2v) is 13.8. The second-order valence-electron chi connectivity index (χ2n) is 12.7. The van der Waals surface area contributed by atoms with E-state index in [1.807, 2.05) is 23.1 Å². The van der Waals surface area contributed by atoms with Crippen LogP contribution in [0.1, 0.15) is 69.8 Å². The molecular weight excluding hydrogens is 644 g/mol. The summed E-state index contributed by atoms with van der Waals surface area (Å²) < 4.78 is 25.9. The van der Waals surface area contributed by atoms with Crippen molar-refractivity contribution in [2.24, 2.45) is 0 Å². The summed E-state index contributed by atoms with van der Waals surface area (Å²) in [6.45, 7) is 0.662. The van der Waals surface area contributed by atoms with Crippen molar-refractivity contribution in [2.45, 2.75) is 50.6 Å². The SMILES string of the molecule is COc1cccc2c1CC[C@@H]2Nc1nccc2cc(-c3c4c(nc(CCc5ccc(F)cc5)c3-c3n[nH]c(=O)o3)[C@@H]3CCCN3C4=O)sc12. The number of halogens is 1. The number of amides is 1. The van der Waals surface area contributed by atoms with Gasteiger partial charge in [-0.2, -0.15) is 0 Å². The number of thiophene rings is 1. The molecule has 2 aromatic carbocycles. The summed E-state index contributed by atoms with van der Waals surface area (Å²) >= 11 is 1.54. The van der Waals surface area contributed by atoms with Crippen LogP contribution in [0.15, 0.2) is 70.0 Å². The lowest BCUT2D eigenvalue weighted by molar-refractivity contribution is 0.0776. The van der Waals surface area contributed by atoms with Crippen LogP contribution in [-0.4, -0.2) is 44.6 Å². The summed E-state index contributed by atoms with van der Waals surface area (Å²) in [5, 5.41) is 11.3. The summed E-state index contributed by atoms with van der Waals surface area (Å²) in [5.74, 6) is 0.667. The monoisotopic (exact) mass is 674 g/mol. The van der Waals surface area contributed by atoms with E-state index in [2.05, 4.69) is 27.6 Å². The third kappa shape index (κ3) is 4.92. The van der Waals surface area contributed by atoms with Crippen molar-refractivity contribution in [1.29, 1.82) is 0 Å². The minimum absolute atomic E-state index is 0.0691. The molecule has 1 saturated heterocycles. The first-order valence-electron chi connectivity index (χ1n) is 16.5. The maximum Gasteiger partial charge on any atom is 0.434 e. The number of aryl methyl sites for hydroxylation is 2. The molecule has 246 valence electrons. The molecule has 49 heavy (non-hydrogen) atoms. The molecule has 6 heterocycles. The Bertz CT molecular complexity index is 2330. The summed E-state index contributed by atoms with van der Waals surface area (Å²) in [5.41, 5.74) is 6.48. The number of hydrogen-bond acceptors (Lipinski definition) is 9. The topological polar surface area (TPSA) is 126 Å². The van der Waals surface area contributed by atoms with Gasteiger partial charge in [0, 0.05) is 23.2 Å². The molecule has 2 aliphatic heterocycles. The Hall–Kier alpha value is -5.36. The second kappa shape index (κ2) is 11.7. The molecule has 0 spiro atoms. The Morgan fingerprint density at radius 3 is 2.78 bits per heavy atom. The predicted molar refractivity (Wildman–Crippen MR) is 183 cm³/mol. The first-order valence-corrected chi connectivity index (χ1v) is 17.3. The van der Waals surface area contributed by atoms with Crippen LogP contribution in [0.25, 0.3) is 32.0 Å². The van der Waals surface area contributed by atoms with Crippen LogP contribution >= 0.6 is 11.3 Å². The van der Waals surface area contributed by atoms with Gasteiger partial charge >= 0.3 is 5.76 Å². The highest BCUT2D eigenvalue weighted by molar-refractivity contribution is 7.23. The number of carbonyl (C=O) groups is 1. The molecule has 9 rings (SSSR count). The van der Waals surface area contributed by atoms with Crippen molar-refractivity contribution in [1.82, 2.24) is 25.1 Å². The molecule has 0 radical (unpaired) electrons. The first-order chi connectivity index (χ1) is 24.0. The van der Waals surface area contributed by atoms with Gasteiger partial charge in [0.1, 0.15) is 17.4 Å². The highest BCUT2D eigenvalue weighted by Crippen LogP contribution is 2.50. The van der Waals surface area contributed by atoms with Gasteiger partial charge in [0.25, 0.3) is 11.8 Å². The lowest BCUT2D eigenvalue weighted by atomic mass is 9.93. The maximum absolute atomic E-state index is 14.2. The number of methoxy groups -OCH3 is 1. The summed E-state index contributed by atoms with van der Waals surface area (Å²) in [6.07, 6.45) is 6.38. The van der Waals surface area contributed by atoms with Crippen LogP contribution in [0.4, 0.5) is 10.2 Å². The van der Waals surface area contributed by atoms with Gasteiger partial charge in [-0.25, -0.2) is 19.3 Å². The minimum Gasteiger partial charge on any atom is -0.496 e. The zero-order chi connectivity index (χ0) is 33.2. The van der Waals surface area contributed by atoms with Gasteiger partial charge < -0.3 is 19.4 Å². The Morgan fingerprint density at radius 1 is 1.08 bits per heavy atom. The third-order valence-corrected chi connectivity index (χ3v) is 11.2. The van der Waals surface area contributed by atoms with E-state index in [0.717, 1.165) is 63.5 Å². The van der Waals surface area contributed by atoms with Gasteiger partial charge in [0.05, 0.1) is 46.4 Å². The minimum atomic E-state index is -0.696. The average molecular weight is 675 g/mol. The molecule has 12 heteroatoms. The number of aromatic nitrogens is 4. The fraction of sp³-hybridized carbons (Fsp3) is 0.270. The van der Waals surface area contributed by atoms with E-state index in [0.29, 0.717) is 41.8 Å². The van der Waals surface area contributed by atoms with E-state index in [1.54, 1.807) is 25.4 Å². The van der Waals surface area contributed by atoms with Crippen LogP contribution in [0.5, 0.6) is 5.75 Å². The number of hydrogen-bond donors (Lipinski definition) is 2. The molecule has 10 nitrogen and oxygen atoms in total. The number of nitrogens with zero attached hydrogens (tertiary/aromatic N) is 4. The van der Waals surface area contributed by atoms with Crippen molar-refractivity contribution in [3.05, 3.63) is 111 Å². The quantitative estimate of drug-likeness (QED) is 0.176. The van der Waals surface area contributed by atoms with Crippen molar-refractivity contribution in [2.75, 3.05) is 19.0 Å². The number of benzene rings is 2. The normalized spacial score (nSPS) is 17.8. The number of nitrogens with one attached hydrogen (secondary N) is 2. The molecule has 0 bridgehead atoms. The highest BCUT2D eigenvalue weighted by atomic mass is 32.1. The number of ether oxygens (including phenoxy) is 1. The lowest BCUT2D eigenvalue weighted by Gasteiger charge is -2.16. The van der Waals surface area contributed by atoms with Gasteiger partial charge in [-0.05, 0) is 90.9 Å². The number of anilines is 1. The Kier molecular flexibility index (Phi) is 7.08. The average Bonchev–Trinajstić information content (AvgIpc) is 3.95. The molecule has 2 N–H and O–H groups in total. The van der Waals surface area contributed by atoms with Crippen molar-refractivity contribution < 1.29 is 18.3 Å². The van der Waals surface area contributed by atoms with Gasteiger partial charge in [0.15, 0.2) is 0 Å². The largest absolute Gasteiger partial charge is 0.496 e. The fourth-order valence-electron chi connectivity index (χ4n) is 7.78. The van der Waals surface area contributed by atoms with Gasteiger partial charge in [0.2, 0.25) is 0 Å². The molecule has 0 saturated carbocycles. The molecule has 4 aromatic heterocycles. The van der Waals surface area contributed by atoms with Crippen LogP contribution in [0.3, 0.4) is 0 Å². The summed E-state index contributed by atoms with van der Waals surface area (Å²) in [6, 6.07) is 16.5. The number of pyridine rings is 2. The number of H-pyrrole nitrogens is 1. The van der Waals surface area contributed by atoms with E-state index in [4.69, 9.17) is 19.1 Å². The van der Waals surface area contributed by atoms with Crippen molar-refractivity contribution in [3.63, 3.8) is 0 Å². The van der Waals surface area contributed by atoms with Gasteiger partial charge in [-0.3, -0.25) is 9.78 Å². The Balaban J connectivity index is 1.20. The van der Waals surface area contributed by atoms with E-state index < -0.39 is 5.76 Å². The smallest absolute Gasteiger partial charge is 0.434 e. The molecule has 3 aliphatic rings. The third-order valence-electron chi connectivity index (χ3n) is 10.00. The van der Waals surface area contributed by atoms with Crippen LogP contribution in [0.2, 0.25) is 0 Å². The number of fused-ring (bicyclic) bond motifs is 5. The summed E-state index contributed by atoms with van der Waals surface area (Å²) in [4.78, 5) is 39.2. The highest BCUT2D eigenvalue weighted by Gasteiger charge is 2.45. The number of rotatable bonds is 8. The molecular formula is C37H31FN6O4S. The Labute approximate surface area is 284 Å².